The van der Waals surface area contributed by atoms with Crippen molar-refractivity contribution in [2.45, 2.75) is 17.9 Å². The van der Waals surface area contributed by atoms with E-state index >= 15 is 0 Å². The summed E-state index contributed by atoms with van der Waals surface area (Å²) in [4.78, 5) is 18.9. The van der Waals surface area contributed by atoms with Crippen molar-refractivity contribution in [1.29, 1.82) is 5.26 Å². The van der Waals surface area contributed by atoms with Crippen molar-refractivity contribution in [3.8, 4) is 23.1 Å². The SMILES string of the molecule is CSc1nc(-c2ccc(OCCC3OCCO3)cc2)c(C#N)c(=O)[nH]1. The highest BCUT2D eigenvalue weighted by Crippen LogP contribution is 2.24. The molecule has 1 N–H and O–H groups in total. The van der Waals surface area contributed by atoms with Crippen molar-refractivity contribution in [2.75, 3.05) is 26.1 Å². The molecule has 1 fully saturated rings. The zero-order valence-corrected chi connectivity index (χ0v) is 14.5. The first-order chi connectivity index (χ1) is 12.2. The molecule has 0 radical (unpaired) electrons. The number of nitrogens with one attached hydrogen (secondary N) is 1. The third-order valence-corrected chi connectivity index (χ3v) is 4.22. The number of H-pyrrole nitrogens is 1. The number of ether oxygens (including phenoxy) is 3. The van der Waals surface area contributed by atoms with Crippen LogP contribution in [-0.2, 0) is 9.47 Å². The monoisotopic (exact) mass is 359 g/mol. The highest BCUT2D eigenvalue weighted by molar-refractivity contribution is 7.98. The molecule has 1 aromatic carbocycles. The van der Waals surface area contributed by atoms with Crippen LogP contribution in [0.1, 0.15) is 12.0 Å². The predicted octanol–water partition coefficient (Wildman–Crippen LogP) is 2.17. The second-order valence-corrected chi connectivity index (χ2v) is 6.04. The smallest absolute Gasteiger partial charge is 0.270 e. The van der Waals surface area contributed by atoms with E-state index in [9.17, 15) is 10.1 Å². The first-order valence-electron chi connectivity index (χ1n) is 7.76. The van der Waals surface area contributed by atoms with Crippen molar-refractivity contribution < 1.29 is 14.2 Å². The van der Waals surface area contributed by atoms with Crippen molar-refractivity contribution in [2.24, 2.45) is 0 Å². The third-order valence-electron chi connectivity index (χ3n) is 3.64. The van der Waals surface area contributed by atoms with Crippen molar-refractivity contribution in [3.05, 3.63) is 40.2 Å². The number of thioether (sulfide) groups is 1. The maximum absolute atomic E-state index is 12.0. The average Bonchev–Trinajstić information content (AvgIpc) is 3.15. The number of nitriles is 1. The van der Waals surface area contributed by atoms with Gasteiger partial charge in [-0.2, -0.15) is 5.26 Å². The fraction of sp³-hybridized carbons (Fsp3) is 0.353. The Bertz CT molecular complexity index is 823. The van der Waals surface area contributed by atoms with E-state index in [1.54, 1.807) is 24.3 Å². The summed E-state index contributed by atoms with van der Waals surface area (Å²) < 4.78 is 16.4. The molecular formula is C17H17N3O4S. The highest BCUT2D eigenvalue weighted by Gasteiger charge is 2.16. The molecule has 25 heavy (non-hydrogen) atoms. The Morgan fingerprint density at radius 3 is 2.72 bits per heavy atom. The van der Waals surface area contributed by atoms with Gasteiger partial charge < -0.3 is 19.2 Å². The van der Waals surface area contributed by atoms with Crippen LogP contribution in [0, 0.1) is 11.3 Å². The molecule has 0 amide bonds. The first-order valence-corrected chi connectivity index (χ1v) is 8.98. The molecule has 2 aromatic rings. The highest BCUT2D eigenvalue weighted by atomic mass is 32.2. The van der Waals surface area contributed by atoms with Gasteiger partial charge in [0.2, 0.25) is 0 Å². The quantitative estimate of drug-likeness (QED) is 0.623. The largest absolute Gasteiger partial charge is 0.493 e. The standard InChI is InChI=1S/C17H17N3O4S/c1-25-17-19-15(13(10-18)16(21)20-17)11-2-4-12(5-3-11)22-7-6-14-23-8-9-24-14/h2-5,14H,6-9H2,1H3,(H,19,20,21). The topological polar surface area (TPSA) is 97.2 Å². The number of rotatable bonds is 6. The minimum atomic E-state index is -0.436. The normalized spacial score (nSPS) is 14.4. The lowest BCUT2D eigenvalue weighted by Gasteiger charge is -2.11. The summed E-state index contributed by atoms with van der Waals surface area (Å²) in [5.41, 5.74) is 0.624. The Labute approximate surface area is 148 Å². The summed E-state index contributed by atoms with van der Waals surface area (Å²) in [7, 11) is 0. The molecule has 1 aromatic heterocycles. The number of benzene rings is 1. The molecule has 0 bridgehead atoms. The van der Waals surface area contributed by atoms with Crippen LogP contribution >= 0.6 is 11.8 Å². The van der Waals surface area contributed by atoms with E-state index in [0.29, 0.717) is 48.4 Å². The molecule has 0 unspecified atom stereocenters. The lowest BCUT2D eigenvalue weighted by Crippen LogP contribution is -2.14. The molecule has 0 spiro atoms. The average molecular weight is 359 g/mol. The second kappa shape index (κ2) is 8.16. The third kappa shape index (κ3) is 4.20. The number of nitrogens with zero attached hydrogens (tertiary/aromatic N) is 2. The molecule has 1 aliphatic heterocycles. The lowest BCUT2D eigenvalue weighted by atomic mass is 10.1. The zero-order valence-electron chi connectivity index (χ0n) is 13.7. The van der Waals surface area contributed by atoms with E-state index in [-0.39, 0.29) is 11.9 Å². The number of aromatic nitrogens is 2. The number of aromatic amines is 1. The summed E-state index contributed by atoms with van der Waals surface area (Å²) >= 11 is 1.31. The van der Waals surface area contributed by atoms with Gasteiger partial charge >= 0.3 is 0 Å². The van der Waals surface area contributed by atoms with Gasteiger partial charge in [-0.1, -0.05) is 11.8 Å². The van der Waals surface area contributed by atoms with Gasteiger partial charge in [0.15, 0.2) is 11.4 Å². The van der Waals surface area contributed by atoms with Crippen LogP contribution in [0.2, 0.25) is 0 Å². The molecular weight excluding hydrogens is 342 g/mol. The molecule has 0 atom stereocenters. The van der Waals surface area contributed by atoms with E-state index in [1.165, 1.54) is 11.8 Å². The molecule has 7 nitrogen and oxygen atoms in total. The van der Waals surface area contributed by atoms with Crippen molar-refractivity contribution in [1.82, 2.24) is 9.97 Å². The minimum Gasteiger partial charge on any atom is -0.493 e. The Kier molecular flexibility index (Phi) is 5.71. The molecule has 1 aliphatic rings. The van der Waals surface area contributed by atoms with Crippen LogP contribution in [-0.4, -0.2) is 42.3 Å². The fourth-order valence-electron chi connectivity index (χ4n) is 2.42. The summed E-state index contributed by atoms with van der Waals surface area (Å²) in [6.45, 7) is 1.73. The lowest BCUT2D eigenvalue weighted by molar-refractivity contribution is -0.0531. The molecule has 3 rings (SSSR count). The fourth-order valence-corrected chi connectivity index (χ4v) is 2.80. The van der Waals surface area contributed by atoms with Gasteiger partial charge in [0.25, 0.3) is 5.56 Å². The van der Waals surface area contributed by atoms with Crippen LogP contribution in [0.3, 0.4) is 0 Å². The molecule has 0 saturated carbocycles. The van der Waals surface area contributed by atoms with Crippen LogP contribution in [0.25, 0.3) is 11.3 Å². The van der Waals surface area contributed by atoms with Gasteiger partial charge in [-0.3, -0.25) is 4.79 Å². The Balaban J connectivity index is 1.72. The molecule has 1 saturated heterocycles. The van der Waals surface area contributed by atoms with Crippen molar-refractivity contribution in [3.63, 3.8) is 0 Å². The summed E-state index contributed by atoms with van der Waals surface area (Å²) in [6, 6.07) is 9.06. The molecule has 0 aliphatic carbocycles. The second-order valence-electron chi connectivity index (χ2n) is 5.24. The van der Waals surface area contributed by atoms with E-state index < -0.39 is 5.56 Å². The van der Waals surface area contributed by atoms with Gasteiger partial charge in [0.05, 0.1) is 25.5 Å². The number of hydrogen-bond acceptors (Lipinski definition) is 7. The van der Waals surface area contributed by atoms with Crippen LogP contribution < -0.4 is 10.3 Å². The minimum absolute atomic E-state index is 0.00185. The Morgan fingerprint density at radius 2 is 2.08 bits per heavy atom. The summed E-state index contributed by atoms with van der Waals surface area (Å²) in [6.07, 6.45) is 2.28. The van der Waals surface area contributed by atoms with Crippen molar-refractivity contribution >= 4 is 11.8 Å². The maximum atomic E-state index is 12.0. The Morgan fingerprint density at radius 1 is 1.36 bits per heavy atom. The molecule has 130 valence electrons. The van der Waals surface area contributed by atoms with E-state index in [4.69, 9.17) is 14.2 Å². The van der Waals surface area contributed by atoms with Gasteiger partial charge in [-0.05, 0) is 30.5 Å². The van der Waals surface area contributed by atoms with Gasteiger partial charge in [0, 0.05) is 12.0 Å². The van der Waals surface area contributed by atoms with E-state index in [2.05, 4.69) is 9.97 Å². The Hall–Kier alpha value is -2.34. The van der Waals surface area contributed by atoms with Crippen LogP contribution in [0.5, 0.6) is 5.75 Å². The summed E-state index contributed by atoms with van der Waals surface area (Å²) in [5.74, 6) is 0.690. The molecule has 2 heterocycles. The van der Waals surface area contributed by atoms with Crippen LogP contribution in [0.4, 0.5) is 0 Å². The summed E-state index contributed by atoms with van der Waals surface area (Å²) in [5, 5.41) is 9.70. The maximum Gasteiger partial charge on any atom is 0.270 e. The van der Waals surface area contributed by atoms with E-state index in [0.717, 1.165) is 0 Å². The van der Waals surface area contributed by atoms with Gasteiger partial charge in [-0.15, -0.1) is 0 Å². The van der Waals surface area contributed by atoms with Gasteiger partial charge in [-0.25, -0.2) is 4.98 Å². The van der Waals surface area contributed by atoms with Gasteiger partial charge in [0.1, 0.15) is 17.4 Å². The van der Waals surface area contributed by atoms with Crippen LogP contribution in [0.15, 0.2) is 34.2 Å². The molecule has 8 heteroatoms. The predicted molar refractivity (Wildman–Crippen MR) is 92.6 cm³/mol. The number of hydrogen-bond donors (Lipinski definition) is 1. The first kappa shape index (κ1) is 17.5. The zero-order chi connectivity index (χ0) is 17.6. The van der Waals surface area contributed by atoms with E-state index in [1.807, 2.05) is 12.3 Å².